The van der Waals surface area contributed by atoms with Crippen molar-refractivity contribution < 1.29 is 9.53 Å². The van der Waals surface area contributed by atoms with Crippen LogP contribution < -0.4 is 15.8 Å². The van der Waals surface area contributed by atoms with Gasteiger partial charge in [-0.05, 0) is 23.6 Å². The molecule has 0 aliphatic carbocycles. The van der Waals surface area contributed by atoms with E-state index in [2.05, 4.69) is 10.3 Å². The molecule has 0 spiro atoms. The molecule has 1 aromatic carbocycles. The predicted molar refractivity (Wildman–Crippen MR) is 107 cm³/mol. The van der Waals surface area contributed by atoms with E-state index in [1.165, 1.54) is 10.6 Å². The Morgan fingerprint density at radius 1 is 1.30 bits per heavy atom. The van der Waals surface area contributed by atoms with Crippen molar-refractivity contribution in [3.63, 3.8) is 0 Å². The maximum atomic E-state index is 12.6. The third-order valence-corrected chi connectivity index (χ3v) is 5.52. The molecule has 3 heterocycles. The largest absolute Gasteiger partial charge is 0.378 e. The van der Waals surface area contributed by atoms with E-state index in [1.54, 1.807) is 18.4 Å². The second-order valence-electron chi connectivity index (χ2n) is 6.39. The number of hydrogen-bond donors (Lipinski definition) is 1. The van der Waals surface area contributed by atoms with Crippen LogP contribution in [0.1, 0.15) is 5.82 Å². The van der Waals surface area contributed by atoms with Crippen LogP contribution in [0.3, 0.4) is 0 Å². The van der Waals surface area contributed by atoms with Crippen molar-refractivity contribution in [1.29, 1.82) is 0 Å². The van der Waals surface area contributed by atoms with E-state index in [0.717, 1.165) is 15.8 Å². The Hall–Kier alpha value is -2.71. The first-order valence-corrected chi connectivity index (χ1v) is 9.65. The SMILES string of the molecule is Cn1c(CC(=O)Nc2cccc3sccc23)nc(N2CCOCC2)cc1=O. The van der Waals surface area contributed by atoms with E-state index in [1.807, 2.05) is 34.5 Å². The van der Waals surface area contributed by atoms with Gasteiger partial charge in [-0.3, -0.25) is 14.2 Å². The van der Waals surface area contributed by atoms with E-state index in [9.17, 15) is 9.59 Å². The van der Waals surface area contributed by atoms with Crippen LogP contribution in [0.2, 0.25) is 0 Å². The van der Waals surface area contributed by atoms with Crippen LogP contribution in [0, 0.1) is 0 Å². The maximum Gasteiger partial charge on any atom is 0.255 e. The Morgan fingerprint density at radius 3 is 2.93 bits per heavy atom. The van der Waals surface area contributed by atoms with E-state index in [0.29, 0.717) is 37.9 Å². The molecule has 1 aliphatic rings. The predicted octanol–water partition coefficient (Wildman–Crippen LogP) is 2.01. The molecule has 1 fully saturated rings. The van der Waals surface area contributed by atoms with Crippen LogP contribution in [0.25, 0.3) is 10.1 Å². The molecule has 4 rings (SSSR count). The Kier molecular flexibility index (Phi) is 4.91. The lowest BCUT2D eigenvalue weighted by Crippen LogP contribution is -2.38. The maximum absolute atomic E-state index is 12.6. The smallest absolute Gasteiger partial charge is 0.255 e. The highest BCUT2D eigenvalue weighted by Crippen LogP contribution is 2.27. The second-order valence-corrected chi connectivity index (χ2v) is 7.34. The average molecular weight is 384 g/mol. The van der Waals surface area contributed by atoms with Gasteiger partial charge in [0.25, 0.3) is 5.56 Å². The highest BCUT2D eigenvalue weighted by atomic mass is 32.1. The summed E-state index contributed by atoms with van der Waals surface area (Å²) in [6.45, 7) is 2.59. The lowest BCUT2D eigenvalue weighted by molar-refractivity contribution is -0.115. The van der Waals surface area contributed by atoms with Gasteiger partial charge >= 0.3 is 0 Å². The van der Waals surface area contributed by atoms with Gasteiger partial charge in [-0.25, -0.2) is 4.98 Å². The van der Waals surface area contributed by atoms with Gasteiger partial charge in [0.15, 0.2) is 0 Å². The van der Waals surface area contributed by atoms with Crippen LogP contribution in [-0.4, -0.2) is 41.8 Å². The zero-order valence-electron chi connectivity index (χ0n) is 15.0. The van der Waals surface area contributed by atoms with Gasteiger partial charge in [0.2, 0.25) is 5.91 Å². The zero-order valence-corrected chi connectivity index (χ0v) is 15.8. The van der Waals surface area contributed by atoms with Crippen molar-refractivity contribution in [2.45, 2.75) is 6.42 Å². The number of ether oxygens (including phenoxy) is 1. The fourth-order valence-corrected chi connectivity index (χ4v) is 3.94. The number of anilines is 2. The van der Waals surface area contributed by atoms with Crippen molar-refractivity contribution in [2.75, 3.05) is 36.5 Å². The zero-order chi connectivity index (χ0) is 18.8. The summed E-state index contributed by atoms with van der Waals surface area (Å²) in [7, 11) is 1.64. The molecule has 2 aromatic heterocycles. The normalized spacial score (nSPS) is 14.5. The first-order valence-electron chi connectivity index (χ1n) is 8.77. The minimum Gasteiger partial charge on any atom is -0.378 e. The van der Waals surface area contributed by atoms with Gasteiger partial charge < -0.3 is 15.0 Å². The third kappa shape index (κ3) is 3.72. The summed E-state index contributed by atoms with van der Waals surface area (Å²) < 4.78 is 7.89. The monoisotopic (exact) mass is 384 g/mol. The van der Waals surface area contributed by atoms with Gasteiger partial charge in [0.05, 0.1) is 19.6 Å². The molecule has 1 N–H and O–H groups in total. The Bertz CT molecular complexity index is 1040. The highest BCUT2D eigenvalue weighted by Gasteiger charge is 2.17. The number of carbonyl (C=O) groups excluding carboxylic acids is 1. The molecule has 0 saturated carbocycles. The lowest BCUT2D eigenvalue weighted by Gasteiger charge is -2.28. The Morgan fingerprint density at radius 2 is 2.11 bits per heavy atom. The van der Waals surface area contributed by atoms with Crippen LogP contribution in [0.5, 0.6) is 0 Å². The highest BCUT2D eigenvalue weighted by molar-refractivity contribution is 7.17. The number of benzene rings is 1. The number of hydrogen-bond acceptors (Lipinski definition) is 6. The summed E-state index contributed by atoms with van der Waals surface area (Å²) in [6.07, 6.45) is 0.0322. The molecule has 0 atom stereocenters. The number of amides is 1. The van der Waals surface area contributed by atoms with Crippen LogP contribution in [0.4, 0.5) is 11.5 Å². The van der Waals surface area contributed by atoms with Crippen molar-refractivity contribution in [3.8, 4) is 0 Å². The van der Waals surface area contributed by atoms with Crippen molar-refractivity contribution in [2.24, 2.45) is 7.05 Å². The topological polar surface area (TPSA) is 76.5 Å². The number of nitrogens with one attached hydrogen (secondary N) is 1. The number of aromatic nitrogens is 2. The summed E-state index contributed by atoms with van der Waals surface area (Å²) in [6, 6.07) is 9.32. The summed E-state index contributed by atoms with van der Waals surface area (Å²) >= 11 is 1.63. The number of carbonyl (C=O) groups is 1. The van der Waals surface area contributed by atoms with Crippen molar-refractivity contribution in [1.82, 2.24) is 9.55 Å². The second kappa shape index (κ2) is 7.50. The fraction of sp³-hybridized carbons (Fsp3) is 0.316. The van der Waals surface area contributed by atoms with E-state index in [4.69, 9.17) is 4.74 Å². The summed E-state index contributed by atoms with van der Waals surface area (Å²) in [5, 5.41) is 5.96. The standard InChI is InChI=1S/C19H20N4O3S/c1-22-16(21-17(12-19(22)25)23-6-8-26-9-7-23)11-18(24)20-14-3-2-4-15-13(14)5-10-27-15/h2-5,10,12H,6-9,11H2,1H3,(H,20,24). The molecule has 27 heavy (non-hydrogen) atoms. The fourth-order valence-electron chi connectivity index (χ4n) is 3.13. The molecule has 0 unspecified atom stereocenters. The van der Waals surface area contributed by atoms with Gasteiger partial charge in [-0.1, -0.05) is 6.07 Å². The molecule has 1 amide bonds. The molecule has 0 radical (unpaired) electrons. The molecule has 3 aromatic rings. The van der Waals surface area contributed by atoms with Gasteiger partial charge in [-0.15, -0.1) is 11.3 Å². The molecule has 140 valence electrons. The number of rotatable bonds is 4. The third-order valence-electron chi connectivity index (χ3n) is 4.64. The van der Waals surface area contributed by atoms with E-state index >= 15 is 0 Å². The number of thiophene rings is 1. The molecule has 0 bridgehead atoms. The van der Waals surface area contributed by atoms with E-state index in [-0.39, 0.29) is 17.9 Å². The van der Waals surface area contributed by atoms with Crippen molar-refractivity contribution >= 4 is 38.8 Å². The minimum atomic E-state index is -0.199. The summed E-state index contributed by atoms with van der Waals surface area (Å²) in [5.41, 5.74) is 0.599. The lowest BCUT2D eigenvalue weighted by atomic mass is 10.2. The number of morpholine rings is 1. The number of nitrogens with zero attached hydrogens (tertiary/aromatic N) is 3. The number of fused-ring (bicyclic) bond motifs is 1. The first kappa shape index (κ1) is 17.7. The minimum absolute atomic E-state index is 0.0322. The van der Waals surface area contributed by atoms with E-state index < -0.39 is 0 Å². The quantitative estimate of drug-likeness (QED) is 0.745. The molecular weight excluding hydrogens is 364 g/mol. The Labute approximate surface area is 160 Å². The molecular formula is C19H20N4O3S. The van der Waals surface area contributed by atoms with Gasteiger partial charge in [0.1, 0.15) is 11.6 Å². The molecule has 7 nitrogen and oxygen atoms in total. The Balaban J connectivity index is 1.56. The van der Waals surface area contributed by atoms with Crippen molar-refractivity contribution in [3.05, 3.63) is 51.9 Å². The summed E-state index contributed by atoms with van der Waals surface area (Å²) in [4.78, 5) is 31.5. The van der Waals surface area contributed by atoms with Crippen LogP contribution >= 0.6 is 11.3 Å². The summed E-state index contributed by atoms with van der Waals surface area (Å²) in [5.74, 6) is 0.846. The first-order chi connectivity index (χ1) is 13.1. The van der Waals surface area contributed by atoms with Gasteiger partial charge in [0, 0.05) is 42.0 Å². The van der Waals surface area contributed by atoms with Crippen LogP contribution in [-0.2, 0) is 23.0 Å². The van der Waals surface area contributed by atoms with Crippen LogP contribution in [0.15, 0.2) is 40.5 Å². The molecule has 8 heteroatoms. The molecule has 1 saturated heterocycles. The average Bonchev–Trinajstić information content (AvgIpc) is 3.16. The molecule has 1 aliphatic heterocycles. The van der Waals surface area contributed by atoms with Gasteiger partial charge in [-0.2, -0.15) is 0 Å².